The SMILES string of the molecule is COC(=O)CC(CC(CCC=C(C)C)PC)C[N+](=O)[O-]. The number of carbonyl (C=O) groups excluding carboxylic acids is 1. The number of ether oxygens (including phenoxy) is 1. The van der Waals surface area contributed by atoms with Crippen LogP contribution in [-0.2, 0) is 9.53 Å². The second-order valence-corrected chi connectivity index (χ2v) is 6.64. The zero-order valence-electron chi connectivity index (χ0n) is 12.8. The highest BCUT2D eigenvalue weighted by Gasteiger charge is 2.23. The molecule has 0 aromatic carbocycles. The van der Waals surface area contributed by atoms with Gasteiger partial charge in [-0.2, -0.15) is 0 Å². The van der Waals surface area contributed by atoms with E-state index in [9.17, 15) is 14.9 Å². The standard InChI is InChI=1S/C14H26NO4P/c1-11(2)6-5-7-13(20-4)8-12(10-15(17)18)9-14(16)19-3/h6,12-13,20H,5,7-10H2,1-4H3. The topological polar surface area (TPSA) is 69.4 Å². The molecule has 0 amide bonds. The van der Waals surface area contributed by atoms with Crippen LogP contribution in [0, 0.1) is 16.0 Å². The van der Waals surface area contributed by atoms with E-state index in [-0.39, 0.29) is 29.8 Å². The Hall–Kier alpha value is -0.960. The van der Waals surface area contributed by atoms with Gasteiger partial charge in [-0.1, -0.05) is 11.6 Å². The lowest BCUT2D eigenvalue weighted by atomic mass is 9.97. The molecule has 0 saturated carbocycles. The van der Waals surface area contributed by atoms with Gasteiger partial charge in [-0.3, -0.25) is 14.9 Å². The summed E-state index contributed by atoms with van der Waals surface area (Å²) in [6, 6.07) is 0. The third kappa shape index (κ3) is 9.90. The molecule has 0 spiro atoms. The summed E-state index contributed by atoms with van der Waals surface area (Å²) in [7, 11) is 2.05. The molecule has 3 atom stereocenters. The van der Waals surface area contributed by atoms with Crippen LogP contribution in [0.1, 0.15) is 39.5 Å². The maximum Gasteiger partial charge on any atom is 0.306 e. The molecule has 0 aromatic rings. The van der Waals surface area contributed by atoms with Crippen molar-refractivity contribution < 1.29 is 14.5 Å². The van der Waals surface area contributed by atoms with E-state index in [4.69, 9.17) is 0 Å². The van der Waals surface area contributed by atoms with E-state index in [1.165, 1.54) is 12.7 Å². The van der Waals surface area contributed by atoms with Crippen LogP contribution in [0.5, 0.6) is 0 Å². The van der Waals surface area contributed by atoms with Gasteiger partial charge in [-0.15, -0.1) is 8.58 Å². The van der Waals surface area contributed by atoms with Crippen LogP contribution in [0.4, 0.5) is 0 Å². The van der Waals surface area contributed by atoms with E-state index < -0.39 is 0 Å². The smallest absolute Gasteiger partial charge is 0.306 e. The molecule has 0 aliphatic rings. The molecule has 0 aliphatic carbocycles. The van der Waals surface area contributed by atoms with Gasteiger partial charge in [0.05, 0.1) is 13.5 Å². The average molecular weight is 303 g/mol. The summed E-state index contributed by atoms with van der Waals surface area (Å²) in [4.78, 5) is 21.7. The molecule has 20 heavy (non-hydrogen) atoms. The van der Waals surface area contributed by atoms with Crippen LogP contribution >= 0.6 is 8.58 Å². The molecule has 6 heteroatoms. The van der Waals surface area contributed by atoms with Crippen molar-refractivity contribution in [3.8, 4) is 0 Å². The first-order valence-corrected chi connectivity index (χ1v) is 8.46. The number of esters is 1. The Kier molecular flexibility index (Phi) is 10.3. The Bertz CT molecular complexity index is 340. The average Bonchev–Trinajstić information content (AvgIpc) is 2.35. The molecule has 0 aromatic heterocycles. The molecule has 5 nitrogen and oxygen atoms in total. The minimum atomic E-state index is -0.362. The summed E-state index contributed by atoms with van der Waals surface area (Å²) in [5.41, 5.74) is 1.74. The molecule has 0 aliphatic heterocycles. The zero-order chi connectivity index (χ0) is 15.5. The van der Waals surface area contributed by atoms with Crippen molar-refractivity contribution in [1.29, 1.82) is 0 Å². The van der Waals surface area contributed by atoms with Crippen molar-refractivity contribution >= 4 is 14.6 Å². The number of hydrogen-bond donors (Lipinski definition) is 0. The van der Waals surface area contributed by atoms with Crippen LogP contribution < -0.4 is 0 Å². The molecule has 0 N–H and O–H groups in total. The quantitative estimate of drug-likeness (QED) is 0.204. The number of carbonyl (C=O) groups is 1. The second-order valence-electron chi connectivity index (χ2n) is 5.24. The molecule has 0 radical (unpaired) electrons. The highest BCUT2D eigenvalue weighted by Crippen LogP contribution is 2.28. The molecule has 0 rings (SSSR count). The number of nitro groups is 1. The number of hydrogen-bond acceptors (Lipinski definition) is 4. The summed E-state index contributed by atoms with van der Waals surface area (Å²) in [5.74, 6) is -0.582. The minimum absolute atomic E-state index is 0.140. The largest absolute Gasteiger partial charge is 0.469 e. The molecular formula is C14H26NO4P. The second kappa shape index (κ2) is 10.8. The Balaban J connectivity index is 4.45. The van der Waals surface area contributed by atoms with Crippen LogP contribution in [0.3, 0.4) is 0 Å². The van der Waals surface area contributed by atoms with Gasteiger partial charge in [0.25, 0.3) is 0 Å². The minimum Gasteiger partial charge on any atom is -0.469 e. The van der Waals surface area contributed by atoms with E-state index in [1.807, 2.05) is 0 Å². The molecule has 116 valence electrons. The van der Waals surface area contributed by atoms with Gasteiger partial charge in [0.1, 0.15) is 0 Å². The lowest BCUT2D eigenvalue weighted by molar-refractivity contribution is -0.488. The lowest BCUT2D eigenvalue weighted by Crippen LogP contribution is -2.22. The van der Waals surface area contributed by atoms with Crippen molar-refractivity contribution in [3.63, 3.8) is 0 Å². The van der Waals surface area contributed by atoms with Gasteiger partial charge < -0.3 is 4.74 Å². The summed E-state index contributed by atoms with van der Waals surface area (Å²) in [5, 5.41) is 10.7. The predicted molar refractivity (Wildman–Crippen MR) is 83.3 cm³/mol. The fraction of sp³-hybridized carbons (Fsp3) is 0.786. The molecule has 0 bridgehead atoms. The zero-order valence-corrected chi connectivity index (χ0v) is 13.8. The third-order valence-electron chi connectivity index (χ3n) is 3.18. The van der Waals surface area contributed by atoms with Gasteiger partial charge in [0.15, 0.2) is 0 Å². The summed E-state index contributed by atoms with van der Waals surface area (Å²) >= 11 is 0. The van der Waals surface area contributed by atoms with Crippen LogP contribution in [0.25, 0.3) is 0 Å². The first-order valence-electron chi connectivity index (χ1n) is 6.88. The normalized spacial score (nSPS) is 14.0. The Morgan fingerprint density at radius 2 is 2.10 bits per heavy atom. The first kappa shape index (κ1) is 19.0. The van der Waals surface area contributed by atoms with Gasteiger partial charge >= 0.3 is 5.97 Å². The van der Waals surface area contributed by atoms with Crippen LogP contribution in [-0.4, -0.2) is 36.9 Å². The monoisotopic (exact) mass is 303 g/mol. The Morgan fingerprint density at radius 1 is 1.45 bits per heavy atom. The third-order valence-corrected chi connectivity index (χ3v) is 4.52. The number of methoxy groups -OCH3 is 1. The maximum atomic E-state index is 11.3. The van der Waals surface area contributed by atoms with Crippen molar-refractivity contribution in [3.05, 3.63) is 21.8 Å². The maximum absolute atomic E-state index is 11.3. The van der Waals surface area contributed by atoms with Crippen LogP contribution in [0.15, 0.2) is 11.6 Å². The van der Waals surface area contributed by atoms with E-state index in [0.29, 0.717) is 5.66 Å². The number of allylic oxidation sites excluding steroid dienone is 2. The fourth-order valence-electron chi connectivity index (χ4n) is 2.11. The summed E-state index contributed by atoms with van der Waals surface area (Å²) < 4.78 is 4.62. The molecule has 0 heterocycles. The van der Waals surface area contributed by atoms with Crippen molar-refractivity contribution in [2.75, 3.05) is 20.3 Å². The van der Waals surface area contributed by atoms with E-state index in [1.54, 1.807) is 0 Å². The van der Waals surface area contributed by atoms with Gasteiger partial charge in [-0.25, -0.2) is 0 Å². The Labute approximate surface area is 123 Å². The molecule has 0 fully saturated rings. The predicted octanol–water partition coefficient (Wildman–Crippen LogP) is 3.26. The highest BCUT2D eigenvalue weighted by atomic mass is 31.1. The number of rotatable bonds is 10. The number of nitrogens with zero attached hydrogens (tertiary/aromatic N) is 1. The van der Waals surface area contributed by atoms with Gasteiger partial charge in [-0.05, 0) is 45.4 Å². The van der Waals surface area contributed by atoms with E-state index in [0.717, 1.165) is 27.8 Å². The first-order chi connectivity index (χ1) is 9.38. The van der Waals surface area contributed by atoms with E-state index in [2.05, 4.69) is 31.3 Å². The highest BCUT2D eigenvalue weighted by molar-refractivity contribution is 7.37. The summed E-state index contributed by atoms with van der Waals surface area (Å²) in [6.45, 7) is 6.10. The van der Waals surface area contributed by atoms with Crippen molar-refractivity contribution in [1.82, 2.24) is 0 Å². The molecular weight excluding hydrogens is 277 g/mol. The fourth-order valence-corrected chi connectivity index (χ4v) is 3.13. The molecule has 3 unspecified atom stereocenters. The van der Waals surface area contributed by atoms with Crippen LogP contribution in [0.2, 0.25) is 0 Å². The van der Waals surface area contributed by atoms with Crippen molar-refractivity contribution in [2.45, 2.75) is 45.2 Å². The lowest BCUT2D eigenvalue weighted by Gasteiger charge is -2.19. The van der Waals surface area contributed by atoms with E-state index >= 15 is 0 Å². The van der Waals surface area contributed by atoms with Gasteiger partial charge in [0.2, 0.25) is 6.54 Å². The van der Waals surface area contributed by atoms with Crippen molar-refractivity contribution in [2.24, 2.45) is 5.92 Å². The van der Waals surface area contributed by atoms with Gasteiger partial charge in [0, 0.05) is 10.8 Å². The Morgan fingerprint density at radius 3 is 2.55 bits per heavy atom. The molecule has 0 saturated heterocycles. The summed E-state index contributed by atoms with van der Waals surface area (Å²) in [6.07, 6.45) is 5.07.